The molecule has 0 aliphatic heterocycles. The number of carbonyl (C=O) groups excluding carboxylic acids is 1. The molecule has 0 saturated carbocycles. The Morgan fingerprint density at radius 2 is 1.94 bits per heavy atom. The van der Waals surface area contributed by atoms with Crippen LogP contribution < -0.4 is 0 Å². The zero-order valence-corrected chi connectivity index (χ0v) is 9.90. The molecule has 0 bridgehead atoms. The molecule has 0 atom stereocenters. The first-order valence-corrected chi connectivity index (χ1v) is 5.87. The Morgan fingerprint density at radius 3 is 2.56 bits per heavy atom. The summed E-state index contributed by atoms with van der Waals surface area (Å²) in [5.74, 6) is -0.693. The number of aryl methyl sites for hydroxylation is 2. The van der Waals surface area contributed by atoms with Crippen LogP contribution in [0.5, 0.6) is 0 Å². The highest BCUT2D eigenvalue weighted by atomic mass is 32.1. The quantitative estimate of drug-likeness (QED) is 0.723. The van der Waals surface area contributed by atoms with E-state index in [2.05, 4.69) is 0 Å². The molecule has 1 aromatic heterocycles. The molecule has 1 aromatic carbocycles. The third-order valence-corrected chi connectivity index (χ3v) is 3.33. The Labute approximate surface area is 97.6 Å². The van der Waals surface area contributed by atoms with Gasteiger partial charge in [-0.1, -0.05) is 11.6 Å². The van der Waals surface area contributed by atoms with Gasteiger partial charge in [0, 0.05) is 10.9 Å². The van der Waals surface area contributed by atoms with Crippen LogP contribution in [0.4, 0.5) is 4.39 Å². The van der Waals surface area contributed by atoms with Crippen molar-refractivity contribution in [2.45, 2.75) is 13.8 Å². The van der Waals surface area contributed by atoms with Crippen LogP contribution >= 0.6 is 11.3 Å². The minimum Gasteiger partial charge on any atom is -0.288 e. The molecule has 2 aromatic rings. The van der Waals surface area contributed by atoms with Gasteiger partial charge in [-0.15, -0.1) is 0 Å². The number of benzene rings is 1. The molecule has 0 aliphatic rings. The molecule has 2 rings (SSSR count). The Kier molecular flexibility index (Phi) is 2.88. The minimum absolute atomic E-state index is 0.154. The van der Waals surface area contributed by atoms with E-state index in [9.17, 15) is 9.18 Å². The molecule has 1 nitrogen and oxygen atoms in total. The second-order valence-electron chi connectivity index (χ2n) is 3.78. The summed E-state index contributed by atoms with van der Waals surface area (Å²) in [5, 5.41) is 3.65. The molecule has 0 aliphatic carbocycles. The summed E-state index contributed by atoms with van der Waals surface area (Å²) in [6, 6.07) is 4.59. The molecular formula is C13H11FOS. The summed E-state index contributed by atoms with van der Waals surface area (Å²) >= 11 is 1.46. The number of carbonyl (C=O) groups is 1. The van der Waals surface area contributed by atoms with Crippen molar-refractivity contribution in [2.24, 2.45) is 0 Å². The zero-order chi connectivity index (χ0) is 11.7. The standard InChI is InChI=1S/C13H11FOS/c1-8-3-4-12(14)10(5-8)13(15)11-7-16-6-9(11)2/h3-7H,1-2H3. The predicted molar refractivity (Wildman–Crippen MR) is 63.6 cm³/mol. The molecule has 0 amide bonds. The molecule has 0 spiro atoms. The van der Waals surface area contributed by atoms with Crippen LogP contribution in [0.2, 0.25) is 0 Å². The molecule has 0 N–H and O–H groups in total. The molecular weight excluding hydrogens is 223 g/mol. The van der Waals surface area contributed by atoms with Gasteiger partial charge in [0.15, 0.2) is 5.78 Å². The van der Waals surface area contributed by atoms with Crippen molar-refractivity contribution in [1.82, 2.24) is 0 Å². The van der Waals surface area contributed by atoms with Gasteiger partial charge >= 0.3 is 0 Å². The minimum atomic E-state index is -0.457. The highest BCUT2D eigenvalue weighted by Gasteiger charge is 2.16. The fraction of sp³-hybridized carbons (Fsp3) is 0.154. The van der Waals surface area contributed by atoms with Gasteiger partial charge in [-0.05, 0) is 36.9 Å². The van der Waals surface area contributed by atoms with E-state index in [0.29, 0.717) is 5.56 Å². The predicted octanol–water partition coefficient (Wildman–Crippen LogP) is 3.74. The van der Waals surface area contributed by atoms with Crippen molar-refractivity contribution in [1.29, 1.82) is 0 Å². The lowest BCUT2D eigenvalue weighted by molar-refractivity contribution is 0.103. The van der Waals surface area contributed by atoms with Crippen LogP contribution in [0.1, 0.15) is 27.0 Å². The second-order valence-corrected chi connectivity index (χ2v) is 4.52. The van der Waals surface area contributed by atoms with Gasteiger partial charge in [0.25, 0.3) is 0 Å². The Hall–Kier alpha value is -1.48. The van der Waals surface area contributed by atoms with Gasteiger partial charge < -0.3 is 0 Å². The number of ketones is 1. The maximum absolute atomic E-state index is 13.5. The lowest BCUT2D eigenvalue weighted by Crippen LogP contribution is -2.04. The highest BCUT2D eigenvalue weighted by molar-refractivity contribution is 7.08. The topological polar surface area (TPSA) is 17.1 Å². The monoisotopic (exact) mass is 234 g/mol. The van der Waals surface area contributed by atoms with Gasteiger partial charge in [0.05, 0.1) is 5.56 Å². The van der Waals surface area contributed by atoms with Gasteiger partial charge in [-0.25, -0.2) is 4.39 Å². The van der Waals surface area contributed by atoms with Crippen LogP contribution in [0.3, 0.4) is 0 Å². The largest absolute Gasteiger partial charge is 0.288 e. The van der Waals surface area contributed by atoms with E-state index < -0.39 is 5.82 Å². The third-order valence-electron chi connectivity index (χ3n) is 2.47. The van der Waals surface area contributed by atoms with Crippen LogP contribution in [0.25, 0.3) is 0 Å². The van der Waals surface area contributed by atoms with E-state index in [-0.39, 0.29) is 11.3 Å². The molecule has 0 fully saturated rings. The number of hydrogen-bond acceptors (Lipinski definition) is 2. The molecule has 16 heavy (non-hydrogen) atoms. The first-order chi connectivity index (χ1) is 7.59. The summed E-state index contributed by atoms with van der Waals surface area (Å²) in [6.45, 7) is 3.70. The van der Waals surface area contributed by atoms with Crippen molar-refractivity contribution >= 4 is 17.1 Å². The number of hydrogen-bond donors (Lipinski definition) is 0. The van der Waals surface area contributed by atoms with Gasteiger partial charge in [0.2, 0.25) is 0 Å². The summed E-state index contributed by atoms with van der Waals surface area (Å²) < 4.78 is 13.5. The molecule has 1 heterocycles. The summed E-state index contributed by atoms with van der Waals surface area (Å²) in [4.78, 5) is 12.1. The van der Waals surface area contributed by atoms with Crippen molar-refractivity contribution < 1.29 is 9.18 Å². The van der Waals surface area contributed by atoms with Gasteiger partial charge in [-0.2, -0.15) is 11.3 Å². The maximum atomic E-state index is 13.5. The van der Waals surface area contributed by atoms with Crippen LogP contribution in [0.15, 0.2) is 29.0 Å². The molecule has 0 unspecified atom stereocenters. The maximum Gasteiger partial charge on any atom is 0.197 e. The lowest BCUT2D eigenvalue weighted by atomic mass is 10.0. The molecule has 3 heteroatoms. The number of thiophene rings is 1. The van der Waals surface area contributed by atoms with Crippen LogP contribution in [-0.2, 0) is 0 Å². The Morgan fingerprint density at radius 1 is 1.19 bits per heavy atom. The van der Waals surface area contributed by atoms with E-state index in [4.69, 9.17) is 0 Å². The van der Waals surface area contributed by atoms with Crippen LogP contribution in [-0.4, -0.2) is 5.78 Å². The van der Waals surface area contributed by atoms with Gasteiger partial charge in [-0.3, -0.25) is 4.79 Å². The average molecular weight is 234 g/mol. The summed E-state index contributed by atoms with van der Waals surface area (Å²) in [5.41, 5.74) is 2.53. The number of halogens is 1. The van der Waals surface area contributed by atoms with Crippen molar-refractivity contribution in [3.8, 4) is 0 Å². The zero-order valence-electron chi connectivity index (χ0n) is 9.08. The first kappa shape index (κ1) is 11.0. The van der Waals surface area contributed by atoms with E-state index in [1.54, 1.807) is 17.5 Å². The van der Waals surface area contributed by atoms with E-state index in [0.717, 1.165) is 11.1 Å². The van der Waals surface area contributed by atoms with Crippen molar-refractivity contribution in [3.05, 3.63) is 57.0 Å². The molecule has 0 saturated heterocycles. The fourth-order valence-electron chi connectivity index (χ4n) is 1.55. The molecule has 82 valence electrons. The fourth-order valence-corrected chi connectivity index (χ4v) is 2.38. The smallest absolute Gasteiger partial charge is 0.197 e. The highest BCUT2D eigenvalue weighted by Crippen LogP contribution is 2.20. The third kappa shape index (κ3) is 1.91. The normalized spacial score (nSPS) is 10.4. The Bertz CT molecular complexity index is 543. The number of rotatable bonds is 2. The van der Waals surface area contributed by atoms with Crippen LogP contribution in [0, 0.1) is 19.7 Å². The van der Waals surface area contributed by atoms with Crippen molar-refractivity contribution in [3.63, 3.8) is 0 Å². The van der Waals surface area contributed by atoms with E-state index in [1.165, 1.54) is 17.4 Å². The second kappa shape index (κ2) is 4.18. The lowest BCUT2D eigenvalue weighted by Gasteiger charge is -2.03. The first-order valence-electron chi connectivity index (χ1n) is 4.93. The summed E-state index contributed by atoms with van der Waals surface area (Å²) in [6.07, 6.45) is 0. The van der Waals surface area contributed by atoms with Crippen molar-refractivity contribution in [2.75, 3.05) is 0 Å². The van der Waals surface area contributed by atoms with E-state index >= 15 is 0 Å². The molecule has 0 radical (unpaired) electrons. The Balaban J connectivity index is 2.49. The SMILES string of the molecule is Cc1ccc(F)c(C(=O)c2cscc2C)c1. The average Bonchev–Trinajstić information content (AvgIpc) is 2.67. The summed E-state index contributed by atoms with van der Waals surface area (Å²) in [7, 11) is 0. The van der Waals surface area contributed by atoms with E-state index in [1.807, 2.05) is 19.2 Å². The van der Waals surface area contributed by atoms with Gasteiger partial charge in [0.1, 0.15) is 5.82 Å².